The van der Waals surface area contributed by atoms with Crippen LogP contribution in [0.5, 0.6) is 11.5 Å². The topological polar surface area (TPSA) is 81.7 Å². The smallest absolute Gasteiger partial charge is 0.231 e. The Morgan fingerprint density at radius 3 is 2.79 bits per heavy atom. The highest BCUT2D eigenvalue weighted by molar-refractivity contribution is 7.89. The predicted molar refractivity (Wildman–Crippen MR) is 106 cm³/mol. The maximum absolute atomic E-state index is 13.5. The number of benzene rings is 1. The van der Waals surface area contributed by atoms with Crippen LogP contribution in [0.3, 0.4) is 0 Å². The zero-order valence-electron chi connectivity index (χ0n) is 16.2. The van der Waals surface area contributed by atoms with Crippen LogP contribution in [-0.2, 0) is 14.8 Å². The van der Waals surface area contributed by atoms with Crippen molar-refractivity contribution in [3.05, 3.63) is 42.0 Å². The summed E-state index contributed by atoms with van der Waals surface area (Å²) in [7, 11) is -3.59. The second kappa shape index (κ2) is 6.46. The van der Waals surface area contributed by atoms with Gasteiger partial charge >= 0.3 is 0 Å². The van der Waals surface area contributed by atoms with Crippen LogP contribution < -0.4 is 14.2 Å². The number of carbonyl (C=O) groups is 1. The molecule has 2 aliphatic carbocycles. The molecule has 2 fully saturated rings. The average molecular weight is 404 g/mol. The van der Waals surface area contributed by atoms with E-state index in [1.54, 1.807) is 0 Å². The van der Waals surface area contributed by atoms with E-state index in [2.05, 4.69) is 11.3 Å². The van der Waals surface area contributed by atoms with Gasteiger partial charge in [0.05, 0.1) is 11.2 Å². The van der Waals surface area contributed by atoms with Crippen molar-refractivity contribution >= 4 is 21.9 Å². The van der Waals surface area contributed by atoms with Crippen molar-refractivity contribution in [2.45, 2.75) is 26.7 Å². The second-order valence-electron chi connectivity index (χ2n) is 8.33. The summed E-state index contributed by atoms with van der Waals surface area (Å²) < 4.78 is 38.5. The number of Topliss-reactive ketones (excluding diaryl/α,β-unsaturated/α-hetero) is 1. The first kappa shape index (κ1) is 19.2. The number of ketones is 1. The normalized spacial score (nSPS) is 28.9. The molecule has 2 unspecified atom stereocenters. The van der Waals surface area contributed by atoms with Crippen LogP contribution >= 0.6 is 0 Å². The summed E-state index contributed by atoms with van der Waals surface area (Å²) in [4.78, 5) is 13.5. The van der Waals surface area contributed by atoms with Gasteiger partial charge in [-0.15, -0.1) is 6.58 Å². The molecule has 2 atom stereocenters. The van der Waals surface area contributed by atoms with Gasteiger partial charge in [-0.2, -0.15) is 0 Å². The van der Waals surface area contributed by atoms with Gasteiger partial charge in [0, 0.05) is 12.1 Å². The monoisotopic (exact) mass is 403 g/mol. The number of rotatable bonds is 6. The lowest BCUT2D eigenvalue weighted by molar-refractivity contribution is -0.125. The Labute approximate surface area is 165 Å². The van der Waals surface area contributed by atoms with Crippen molar-refractivity contribution < 1.29 is 22.7 Å². The van der Waals surface area contributed by atoms with Crippen LogP contribution in [0.15, 0.2) is 36.4 Å². The molecule has 3 aliphatic rings. The minimum absolute atomic E-state index is 0.0417. The number of fused-ring (bicyclic) bond motifs is 3. The summed E-state index contributed by atoms with van der Waals surface area (Å²) in [5.41, 5.74) is 0.259. The molecule has 0 radical (unpaired) electrons. The van der Waals surface area contributed by atoms with Crippen LogP contribution in [0, 0.1) is 16.7 Å². The number of nitrogens with one attached hydrogen (secondary N) is 1. The van der Waals surface area contributed by atoms with E-state index in [0.717, 1.165) is 12.0 Å². The lowest BCUT2D eigenvalue weighted by atomic mass is 9.70. The van der Waals surface area contributed by atoms with Crippen molar-refractivity contribution in [3.8, 4) is 11.5 Å². The van der Waals surface area contributed by atoms with Gasteiger partial charge in [0.15, 0.2) is 17.3 Å². The molecule has 1 aliphatic heterocycles. The SMILES string of the molecule is C=CCNS(=O)(=O)CC12CCC(C(=Cc3ccc4c(c3)OCO4)C1=O)C2(C)C. The molecule has 1 aromatic rings. The molecule has 2 saturated carbocycles. The van der Waals surface area contributed by atoms with E-state index in [1.165, 1.54) is 6.08 Å². The van der Waals surface area contributed by atoms with Crippen LogP contribution in [0.4, 0.5) is 0 Å². The second-order valence-corrected chi connectivity index (χ2v) is 10.1. The van der Waals surface area contributed by atoms with E-state index in [0.29, 0.717) is 23.5 Å². The lowest BCUT2D eigenvalue weighted by Gasteiger charge is -2.35. The molecule has 4 rings (SSSR count). The third-order valence-electron chi connectivity index (χ3n) is 6.64. The third kappa shape index (κ3) is 2.79. The number of sulfonamides is 1. The van der Waals surface area contributed by atoms with Gasteiger partial charge in [-0.05, 0) is 47.9 Å². The van der Waals surface area contributed by atoms with Gasteiger partial charge in [0.25, 0.3) is 0 Å². The van der Waals surface area contributed by atoms with Crippen molar-refractivity contribution in [3.63, 3.8) is 0 Å². The summed E-state index contributed by atoms with van der Waals surface area (Å²) in [6, 6.07) is 5.58. The fraction of sp³-hybridized carbons (Fsp3) is 0.476. The van der Waals surface area contributed by atoms with Crippen molar-refractivity contribution in [2.24, 2.45) is 16.7 Å². The first-order chi connectivity index (χ1) is 13.2. The molecule has 0 aromatic heterocycles. The molecule has 1 N–H and O–H groups in total. The molecule has 7 heteroatoms. The van der Waals surface area contributed by atoms with Gasteiger partial charge in [-0.1, -0.05) is 26.0 Å². The first-order valence-corrected chi connectivity index (χ1v) is 11.1. The van der Waals surface area contributed by atoms with E-state index >= 15 is 0 Å². The van der Waals surface area contributed by atoms with E-state index < -0.39 is 20.9 Å². The fourth-order valence-corrected chi connectivity index (χ4v) is 6.80. The average Bonchev–Trinajstić information content (AvgIpc) is 3.23. The van der Waals surface area contributed by atoms with E-state index in [-0.39, 0.29) is 30.8 Å². The van der Waals surface area contributed by atoms with Crippen molar-refractivity contribution in [1.29, 1.82) is 0 Å². The third-order valence-corrected chi connectivity index (χ3v) is 8.12. The molecule has 6 nitrogen and oxygen atoms in total. The number of ether oxygens (including phenoxy) is 2. The zero-order valence-corrected chi connectivity index (χ0v) is 17.0. The van der Waals surface area contributed by atoms with Crippen LogP contribution in [0.25, 0.3) is 6.08 Å². The lowest BCUT2D eigenvalue weighted by Crippen LogP contribution is -2.45. The molecule has 0 spiro atoms. The maximum Gasteiger partial charge on any atom is 0.231 e. The highest BCUT2D eigenvalue weighted by Gasteiger charge is 2.67. The van der Waals surface area contributed by atoms with E-state index in [4.69, 9.17) is 9.47 Å². The van der Waals surface area contributed by atoms with Gasteiger partial charge in [0.2, 0.25) is 16.8 Å². The Morgan fingerprint density at radius 1 is 1.29 bits per heavy atom. The standard InChI is InChI=1S/C21H25NO5S/c1-4-9-22-28(24,25)12-21-8-7-16(20(21,2)3)15(19(21)23)10-14-5-6-17-18(11-14)27-13-26-17/h4-6,10-11,16,22H,1,7-9,12-13H2,2-3H3. The first-order valence-electron chi connectivity index (χ1n) is 9.44. The van der Waals surface area contributed by atoms with Crippen LogP contribution in [-0.4, -0.2) is 33.3 Å². The molecule has 150 valence electrons. The number of hydrogen-bond acceptors (Lipinski definition) is 5. The van der Waals surface area contributed by atoms with E-state index in [9.17, 15) is 13.2 Å². The molecular weight excluding hydrogens is 378 g/mol. The molecular formula is C21H25NO5S. The highest BCUT2D eigenvalue weighted by Crippen LogP contribution is 2.66. The Bertz CT molecular complexity index is 979. The molecule has 0 amide bonds. The zero-order chi connectivity index (χ0) is 20.2. The molecule has 0 saturated heterocycles. The van der Waals surface area contributed by atoms with Crippen molar-refractivity contribution in [1.82, 2.24) is 4.72 Å². The predicted octanol–water partition coefficient (Wildman–Crippen LogP) is 2.91. The molecule has 2 bridgehead atoms. The summed E-state index contributed by atoms with van der Waals surface area (Å²) in [5.74, 6) is 1.16. The van der Waals surface area contributed by atoms with Crippen LogP contribution in [0.2, 0.25) is 0 Å². The van der Waals surface area contributed by atoms with Crippen molar-refractivity contribution in [2.75, 3.05) is 19.1 Å². The van der Waals surface area contributed by atoms with Crippen LogP contribution in [0.1, 0.15) is 32.3 Å². The highest BCUT2D eigenvalue weighted by atomic mass is 32.2. The molecule has 1 aromatic carbocycles. The largest absolute Gasteiger partial charge is 0.454 e. The number of hydrogen-bond donors (Lipinski definition) is 1. The van der Waals surface area contributed by atoms with Gasteiger partial charge in [0.1, 0.15) is 0 Å². The Balaban J connectivity index is 1.69. The maximum atomic E-state index is 13.5. The summed E-state index contributed by atoms with van der Waals surface area (Å²) in [6.07, 6.45) is 4.80. The quantitative estimate of drug-likeness (QED) is 0.583. The Morgan fingerprint density at radius 2 is 2.04 bits per heavy atom. The van der Waals surface area contributed by atoms with E-state index in [1.807, 2.05) is 38.1 Å². The van der Waals surface area contributed by atoms with Gasteiger partial charge < -0.3 is 9.47 Å². The Kier molecular flexibility index (Phi) is 4.43. The minimum Gasteiger partial charge on any atom is -0.454 e. The summed E-state index contributed by atoms with van der Waals surface area (Å²) in [5, 5.41) is 0. The fourth-order valence-electron chi connectivity index (χ4n) is 5.03. The number of allylic oxidation sites excluding steroid dienone is 1. The Hall–Kier alpha value is -2.12. The minimum atomic E-state index is -3.59. The molecule has 1 heterocycles. The van der Waals surface area contributed by atoms with Gasteiger partial charge in [-0.25, -0.2) is 13.1 Å². The number of carbonyl (C=O) groups excluding carboxylic acids is 1. The molecule has 28 heavy (non-hydrogen) atoms. The van der Waals surface area contributed by atoms with Gasteiger partial charge in [-0.3, -0.25) is 4.79 Å². The summed E-state index contributed by atoms with van der Waals surface area (Å²) in [6.45, 7) is 7.95. The summed E-state index contributed by atoms with van der Waals surface area (Å²) >= 11 is 0.